The van der Waals surface area contributed by atoms with Crippen LogP contribution in [0.5, 0.6) is 0 Å². The molecule has 0 aliphatic carbocycles. The van der Waals surface area contributed by atoms with Crippen LogP contribution in [0.25, 0.3) is 0 Å². The van der Waals surface area contributed by atoms with E-state index in [9.17, 15) is 0 Å². The van der Waals surface area contributed by atoms with Crippen LogP contribution in [0.2, 0.25) is 0 Å². The van der Waals surface area contributed by atoms with Crippen molar-refractivity contribution in [1.82, 2.24) is 5.32 Å². The van der Waals surface area contributed by atoms with Crippen molar-refractivity contribution < 1.29 is 4.74 Å². The van der Waals surface area contributed by atoms with Crippen LogP contribution in [0.1, 0.15) is 26.7 Å². The van der Waals surface area contributed by atoms with Crippen molar-refractivity contribution in [2.24, 2.45) is 0 Å². The molecule has 0 heterocycles. The molecule has 0 aromatic heterocycles. The lowest BCUT2D eigenvalue weighted by Gasteiger charge is -2.05. The van der Waals surface area contributed by atoms with Gasteiger partial charge >= 0.3 is 0 Å². The van der Waals surface area contributed by atoms with Crippen molar-refractivity contribution in [3.63, 3.8) is 0 Å². The third-order valence-electron chi connectivity index (χ3n) is 1.22. The molecule has 3 heteroatoms. The number of allylic oxidation sites excluding steroid dienone is 2. The summed E-state index contributed by atoms with van der Waals surface area (Å²) in [6.07, 6.45) is 4.33. The van der Waals surface area contributed by atoms with Gasteiger partial charge in [0.2, 0.25) is 0 Å². The number of thiocarbonyl (C=S) groups is 1. The molecule has 0 radical (unpaired) electrons. The fourth-order valence-corrected chi connectivity index (χ4v) is 0.785. The van der Waals surface area contributed by atoms with Gasteiger partial charge in [-0.1, -0.05) is 19.4 Å². The second kappa shape index (κ2) is 6.16. The van der Waals surface area contributed by atoms with E-state index in [4.69, 9.17) is 17.0 Å². The van der Waals surface area contributed by atoms with Gasteiger partial charge in [0, 0.05) is 5.70 Å². The Morgan fingerprint density at radius 1 is 1.64 bits per heavy atom. The fraction of sp³-hybridized carbons (Fsp3) is 0.625. The summed E-state index contributed by atoms with van der Waals surface area (Å²) in [7, 11) is 1.56. The van der Waals surface area contributed by atoms with E-state index in [2.05, 4.69) is 18.3 Å². The summed E-state index contributed by atoms with van der Waals surface area (Å²) in [5, 5.41) is 3.36. The lowest BCUT2D eigenvalue weighted by atomic mass is 10.3. The van der Waals surface area contributed by atoms with Crippen LogP contribution in [-0.2, 0) is 4.74 Å². The number of hydrogen-bond acceptors (Lipinski definition) is 2. The first kappa shape index (κ1) is 10.4. The highest BCUT2D eigenvalue weighted by Crippen LogP contribution is 1.94. The first-order chi connectivity index (χ1) is 5.20. The summed E-state index contributed by atoms with van der Waals surface area (Å²) in [6.45, 7) is 4.11. The SMILES string of the molecule is CCC/C=C(\C)NC(=S)OC. The summed E-state index contributed by atoms with van der Waals surface area (Å²) in [5.41, 5.74) is 1.05. The monoisotopic (exact) mass is 173 g/mol. The molecule has 11 heavy (non-hydrogen) atoms. The predicted octanol–water partition coefficient (Wildman–Crippen LogP) is 2.21. The number of unbranched alkanes of at least 4 members (excludes halogenated alkanes) is 1. The highest BCUT2D eigenvalue weighted by Gasteiger charge is 1.91. The third kappa shape index (κ3) is 5.85. The van der Waals surface area contributed by atoms with Gasteiger partial charge in [-0.15, -0.1) is 0 Å². The van der Waals surface area contributed by atoms with Crippen molar-refractivity contribution in [3.05, 3.63) is 11.8 Å². The number of nitrogens with one attached hydrogen (secondary N) is 1. The van der Waals surface area contributed by atoms with Crippen LogP contribution in [0, 0.1) is 0 Å². The van der Waals surface area contributed by atoms with Crippen LogP contribution < -0.4 is 5.32 Å². The fourth-order valence-electron chi connectivity index (χ4n) is 0.624. The lowest BCUT2D eigenvalue weighted by molar-refractivity contribution is 0.398. The summed E-state index contributed by atoms with van der Waals surface area (Å²) in [6, 6.07) is 0. The smallest absolute Gasteiger partial charge is 0.260 e. The number of hydrogen-bond donors (Lipinski definition) is 1. The minimum absolute atomic E-state index is 0.426. The Morgan fingerprint density at radius 3 is 2.73 bits per heavy atom. The molecule has 0 aliphatic heterocycles. The molecule has 0 bridgehead atoms. The van der Waals surface area contributed by atoms with Crippen molar-refractivity contribution in [3.8, 4) is 0 Å². The van der Waals surface area contributed by atoms with Gasteiger partial charge < -0.3 is 10.1 Å². The molecule has 0 rings (SSSR count). The minimum Gasteiger partial charge on any atom is -0.474 e. The molecule has 0 aromatic rings. The zero-order chi connectivity index (χ0) is 8.69. The number of ether oxygens (including phenoxy) is 1. The van der Waals surface area contributed by atoms with E-state index in [1.165, 1.54) is 0 Å². The molecular formula is C8H15NOS. The molecule has 0 amide bonds. The van der Waals surface area contributed by atoms with Gasteiger partial charge in [0.05, 0.1) is 7.11 Å². The van der Waals surface area contributed by atoms with E-state index in [1.807, 2.05) is 6.92 Å². The molecule has 0 unspecified atom stereocenters. The molecule has 0 saturated carbocycles. The van der Waals surface area contributed by atoms with Crippen LogP contribution in [-0.4, -0.2) is 12.3 Å². The standard InChI is InChI=1S/C8H15NOS/c1-4-5-6-7(2)9-8(11)10-3/h6H,4-5H2,1-3H3,(H,9,11)/b7-6+. The first-order valence-corrected chi connectivity index (χ1v) is 4.13. The molecule has 0 saturated heterocycles. The summed E-state index contributed by atoms with van der Waals surface area (Å²) in [5.74, 6) is 0. The van der Waals surface area contributed by atoms with Crippen molar-refractivity contribution in [1.29, 1.82) is 0 Å². The Labute approximate surface area is 73.6 Å². The zero-order valence-electron chi connectivity index (χ0n) is 7.31. The average Bonchev–Trinajstić information content (AvgIpc) is 2.00. The van der Waals surface area contributed by atoms with Crippen molar-refractivity contribution in [2.75, 3.05) is 7.11 Å². The summed E-state index contributed by atoms with van der Waals surface area (Å²) < 4.78 is 4.78. The quantitative estimate of drug-likeness (QED) is 0.661. The zero-order valence-corrected chi connectivity index (χ0v) is 8.12. The van der Waals surface area contributed by atoms with Gasteiger partial charge in [-0.25, -0.2) is 0 Å². The van der Waals surface area contributed by atoms with Gasteiger partial charge in [-0.05, 0) is 25.6 Å². The Morgan fingerprint density at radius 2 is 2.27 bits per heavy atom. The Balaban J connectivity index is 3.66. The van der Waals surface area contributed by atoms with E-state index in [1.54, 1.807) is 7.11 Å². The van der Waals surface area contributed by atoms with E-state index in [-0.39, 0.29) is 0 Å². The maximum absolute atomic E-state index is 4.81. The molecule has 1 N–H and O–H groups in total. The Bertz CT molecular complexity index is 154. The third-order valence-corrected chi connectivity index (χ3v) is 1.49. The van der Waals surface area contributed by atoms with Gasteiger partial charge in [0.15, 0.2) is 0 Å². The maximum atomic E-state index is 4.81. The molecule has 0 aromatic carbocycles. The summed E-state index contributed by atoms with van der Waals surface area (Å²) >= 11 is 4.81. The molecule has 0 spiro atoms. The molecule has 2 nitrogen and oxygen atoms in total. The number of rotatable bonds is 3. The molecule has 0 fully saturated rings. The van der Waals surface area contributed by atoms with Gasteiger partial charge in [-0.3, -0.25) is 0 Å². The van der Waals surface area contributed by atoms with Crippen LogP contribution >= 0.6 is 12.2 Å². The largest absolute Gasteiger partial charge is 0.474 e. The van der Waals surface area contributed by atoms with E-state index >= 15 is 0 Å². The average molecular weight is 173 g/mol. The molecule has 0 aliphatic rings. The second-order valence-electron chi connectivity index (χ2n) is 2.29. The lowest BCUT2D eigenvalue weighted by Crippen LogP contribution is -2.20. The minimum atomic E-state index is 0.426. The Hall–Kier alpha value is -0.570. The normalized spacial score (nSPS) is 11.0. The van der Waals surface area contributed by atoms with Gasteiger partial charge in [-0.2, -0.15) is 0 Å². The van der Waals surface area contributed by atoms with Crippen molar-refractivity contribution >= 4 is 17.4 Å². The molecule has 0 atom stereocenters. The van der Waals surface area contributed by atoms with Crippen LogP contribution in [0.4, 0.5) is 0 Å². The van der Waals surface area contributed by atoms with Crippen LogP contribution in [0.3, 0.4) is 0 Å². The summed E-state index contributed by atoms with van der Waals surface area (Å²) in [4.78, 5) is 0. The Kier molecular flexibility index (Phi) is 5.84. The van der Waals surface area contributed by atoms with Crippen molar-refractivity contribution in [2.45, 2.75) is 26.7 Å². The number of methoxy groups -OCH3 is 1. The topological polar surface area (TPSA) is 21.3 Å². The van der Waals surface area contributed by atoms with E-state index < -0.39 is 0 Å². The first-order valence-electron chi connectivity index (χ1n) is 3.72. The van der Waals surface area contributed by atoms with Gasteiger partial charge in [0.1, 0.15) is 0 Å². The van der Waals surface area contributed by atoms with E-state index in [0.29, 0.717) is 5.17 Å². The maximum Gasteiger partial charge on any atom is 0.260 e. The highest BCUT2D eigenvalue weighted by atomic mass is 32.1. The second-order valence-corrected chi connectivity index (χ2v) is 2.66. The van der Waals surface area contributed by atoms with Crippen LogP contribution in [0.15, 0.2) is 11.8 Å². The predicted molar refractivity (Wildman–Crippen MR) is 51.4 cm³/mol. The molecule has 64 valence electrons. The van der Waals surface area contributed by atoms with E-state index in [0.717, 1.165) is 18.5 Å². The molecular weight excluding hydrogens is 158 g/mol. The highest BCUT2D eigenvalue weighted by molar-refractivity contribution is 7.80. The van der Waals surface area contributed by atoms with Gasteiger partial charge in [0.25, 0.3) is 5.17 Å².